The molecule has 2 unspecified atom stereocenters. The van der Waals surface area contributed by atoms with Crippen LogP contribution in [-0.4, -0.2) is 49.0 Å². The fraction of sp³-hybridized carbons (Fsp3) is 0.312. The molecule has 3 aromatic rings. The molecule has 0 spiro atoms. The molecule has 43 heavy (non-hydrogen) atoms. The Hall–Kier alpha value is -4.22. The van der Waals surface area contributed by atoms with E-state index in [0.717, 1.165) is 22.1 Å². The second-order valence-electron chi connectivity index (χ2n) is 10.4. The van der Waals surface area contributed by atoms with Crippen molar-refractivity contribution in [3.63, 3.8) is 0 Å². The van der Waals surface area contributed by atoms with E-state index in [2.05, 4.69) is 0 Å². The van der Waals surface area contributed by atoms with Gasteiger partial charge in [0.05, 0.1) is 23.7 Å². The number of esters is 2. The zero-order valence-electron chi connectivity index (χ0n) is 23.6. The van der Waals surface area contributed by atoms with Crippen LogP contribution in [-0.2, 0) is 40.4 Å². The molecule has 0 N–H and O–H groups in total. The summed E-state index contributed by atoms with van der Waals surface area (Å²) < 4.78 is 65.3. The van der Waals surface area contributed by atoms with E-state index in [0.29, 0.717) is 24.3 Å². The van der Waals surface area contributed by atoms with E-state index >= 15 is 0 Å². The van der Waals surface area contributed by atoms with Gasteiger partial charge in [-0.2, -0.15) is 0 Å². The van der Waals surface area contributed by atoms with Gasteiger partial charge in [0.1, 0.15) is 23.9 Å². The molecule has 2 bridgehead atoms. The molecule has 2 aliphatic heterocycles. The number of nitrogens with zero attached hydrogens (tertiary/aromatic N) is 1. The normalized spacial score (nSPS) is 21.3. The van der Waals surface area contributed by atoms with Crippen LogP contribution >= 0.6 is 0 Å². The number of ether oxygens (including phenoxy) is 4. The van der Waals surface area contributed by atoms with E-state index in [1.165, 1.54) is 48.5 Å². The highest BCUT2D eigenvalue weighted by molar-refractivity contribution is 7.89. The van der Waals surface area contributed by atoms with E-state index in [4.69, 9.17) is 18.9 Å². The minimum absolute atomic E-state index is 0.0509. The Morgan fingerprint density at radius 2 is 1.53 bits per heavy atom. The summed E-state index contributed by atoms with van der Waals surface area (Å²) in [7, 11) is -4.43. The van der Waals surface area contributed by atoms with Crippen LogP contribution in [0.4, 0.5) is 4.39 Å². The van der Waals surface area contributed by atoms with Gasteiger partial charge < -0.3 is 18.9 Å². The van der Waals surface area contributed by atoms with Crippen LogP contribution in [0.2, 0.25) is 0 Å². The third-order valence-corrected chi connectivity index (χ3v) is 9.26. The molecule has 2 heterocycles. The Bertz CT molecular complexity index is 1550. The third-order valence-electron chi connectivity index (χ3n) is 7.40. The summed E-state index contributed by atoms with van der Waals surface area (Å²) in [5.74, 6) is -1.21. The van der Waals surface area contributed by atoms with Gasteiger partial charge in [0.15, 0.2) is 5.54 Å². The van der Waals surface area contributed by atoms with Gasteiger partial charge in [-0.3, -0.25) is 4.31 Å². The van der Waals surface area contributed by atoms with Crippen LogP contribution in [0.15, 0.2) is 96.0 Å². The van der Waals surface area contributed by atoms with Gasteiger partial charge in [-0.25, -0.2) is 22.4 Å². The fourth-order valence-corrected chi connectivity index (χ4v) is 7.03. The summed E-state index contributed by atoms with van der Waals surface area (Å²) in [5.41, 5.74) is -0.932. The summed E-state index contributed by atoms with van der Waals surface area (Å²) in [5, 5.41) is 0. The van der Waals surface area contributed by atoms with Crippen molar-refractivity contribution in [1.82, 2.24) is 4.31 Å². The quantitative estimate of drug-likeness (QED) is 0.207. The number of carbonyl (C=O) groups is 2. The van der Waals surface area contributed by atoms with E-state index in [1.807, 2.05) is 18.2 Å². The zero-order valence-corrected chi connectivity index (χ0v) is 24.4. The highest BCUT2D eigenvalue weighted by atomic mass is 32.2. The second-order valence-corrected chi connectivity index (χ2v) is 12.2. The highest BCUT2D eigenvalue weighted by Crippen LogP contribution is 2.45. The maximum atomic E-state index is 14.3. The Kier molecular flexibility index (Phi) is 9.12. The number of fused-ring (bicyclic) bond motifs is 2. The van der Waals surface area contributed by atoms with Crippen LogP contribution in [0.5, 0.6) is 11.5 Å². The Morgan fingerprint density at radius 3 is 2.14 bits per heavy atom. The molecular formula is C32H32FNO8S. The average molecular weight is 610 g/mol. The predicted octanol–water partition coefficient (Wildman–Crippen LogP) is 5.51. The van der Waals surface area contributed by atoms with Crippen molar-refractivity contribution in [1.29, 1.82) is 0 Å². The molecule has 0 amide bonds. The molecule has 2 atom stereocenters. The molecule has 0 saturated carbocycles. The van der Waals surface area contributed by atoms with Gasteiger partial charge in [0, 0.05) is 25.1 Å². The standard InChI is InChI=1S/C32H32FNO8S/c1-2-39-30(35)18-19-34(43(37,38)29-16-14-26(15-17-29)41-25-10-8-24(33)9-11-25)32(20-27-12-13-28(21-32)42-27)31(36)40-22-23-6-4-3-5-7-23/h3-11,14-19,27-28H,2,12-13,20-22H2,1H3. The lowest BCUT2D eigenvalue weighted by Crippen LogP contribution is -2.60. The SMILES string of the molecule is CCOC(=O)C=CN(C1(C(=O)OCc2ccccc2)CC2CCC(C1)O2)S(=O)(=O)c1ccc(Oc2ccc(F)cc2)cc1. The largest absolute Gasteiger partial charge is 0.463 e. The number of hydrogen-bond acceptors (Lipinski definition) is 8. The molecule has 3 aromatic carbocycles. The van der Waals surface area contributed by atoms with Crippen LogP contribution in [0.25, 0.3) is 0 Å². The van der Waals surface area contributed by atoms with Crippen molar-refractivity contribution < 1.29 is 41.3 Å². The number of benzene rings is 3. The molecular weight excluding hydrogens is 577 g/mol. The molecule has 11 heteroatoms. The Balaban J connectivity index is 1.50. The van der Waals surface area contributed by atoms with Crippen LogP contribution in [0.3, 0.4) is 0 Å². The Labute approximate surface area is 249 Å². The maximum Gasteiger partial charge on any atom is 0.333 e. The van der Waals surface area contributed by atoms with E-state index < -0.39 is 33.3 Å². The fourth-order valence-electron chi connectivity index (χ4n) is 5.41. The lowest BCUT2D eigenvalue weighted by Gasteiger charge is -2.44. The number of halogens is 1. The van der Waals surface area contributed by atoms with E-state index in [9.17, 15) is 22.4 Å². The monoisotopic (exact) mass is 609 g/mol. The highest BCUT2D eigenvalue weighted by Gasteiger charge is 2.57. The number of carbonyl (C=O) groups excluding carboxylic acids is 2. The van der Waals surface area contributed by atoms with Crippen molar-refractivity contribution in [2.45, 2.75) is 61.9 Å². The molecule has 2 saturated heterocycles. The molecule has 0 aromatic heterocycles. The molecule has 2 aliphatic rings. The number of hydrogen-bond donors (Lipinski definition) is 0. The number of sulfonamides is 1. The van der Waals surface area contributed by atoms with Gasteiger partial charge in [-0.15, -0.1) is 0 Å². The van der Waals surface area contributed by atoms with E-state index in [-0.39, 0.29) is 43.2 Å². The predicted molar refractivity (Wildman–Crippen MR) is 154 cm³/mol. The summed E-state index contributed by atoms with van der Waals surface area (Å²) in [4.78, 5) is 26.2. The van der Waals surface area contributed by atoms with Gasteiger partial charge in [-0.05, 0) is 73.9 Å². The lowest BCUT2D eigenvalue weighted by molar-refractivity contribution is -0.165. The number of rotatable bonds is 11. The van der Waals surface area contributed by atoms with Gasteiger partial charge in [0.25, 0.3) is 10.0 Å². The molecule has 9 nitrogen and oxygen atoms in total. The molecule has 0 radical (unpaired) electrons. The zero-order chi connectivity index (χ0) is 30.5. The summed E-state index contributed by atoms with van der Waals surface area (Å²) in [6.07, 6.45) is 2.81. The molecule has 5 rings (SSSR count). The first kappa shape index (κ1) is 30.2. The minimum Gasteiger partial charge on any atom is -0.463 e. The van der Waals surface area contributed by atoms with E-state index in [1.54, 1.807) is 19.1 Å². The molecule has 226 valence electrons. The first-order valence-corrected chi connectivity index (χ1v) is 15.4. The van der Waals surface area contributed by atoms with Crippen molar-refractivity contribution in [3.8, 4) is 11.5 Å². The Morgan fingerprint density at radius 1 is 0.930 bits per heavy atom. The van der Waals surface area contributed by atoms with Crippen molar-refractivity contribution in [2.75, 3.05) is 6.61 Å². The topological polar surface area (TPSA) is 108 Å². The van der Waals surface area contributed by atoms with Crippen molar-refractivity contribution in [3.05, 3.63) is 103 Å². The molecule has 0 aliphatic carbocycles. The second kappa shape index (κ2) is 13.0. The minimum atomic E-state index is -4.43. The average Bonchev–Trinajstić information content (AvgIpc) is 3.35. The third kappa shape index (κ3) is 6.89. The van der Waals surface area contributed by atoms with Gasteiger partial charge in [-0.1, -0.05) is 30.3 Å². The molecule has 2 fully saturated rings. The first-order chi connectivity index (χ1) is 20.7. The lowest BCUT2D eigenvalue weighted by atomic mass is 9.86. The van der Waals surface area contributed by atoms with Crippen LogP contribution < -0.4 is 4.74 Å². The first-order valence-electron chi connectivity index (χ1n) is 14.0. The van der Waals surface area contributed by atoms with Crippen LogP contribution in [0.1, 0.15) is 38.2 Å². The smallest absolute Gasteiger partial charge is 0.333 e. The van der Waals surface area contributed by atoms with Crippen molar-refractivity contribution in [2.24, 2.45) is 0 Å². The summed E-state index contributed by atoms with van der Waals surface area (Å²) in [6.45, 7) is 1.67. The van der Waals surface area contributed by atoms with Gasteiger partial charge >= 0.3 is 11.9 Å². The van der Waals surface area contributed by atoms with Gasteiger partial charge in [0.2, 0.25) is 0 Å². The maximum absolute atomic E-state index is 14.3. The summed E-state index contributed by atoms with van der Waals surface area (Å²) in [6, 6.07) is 20.1. The van der Waals surface area contributed by atoms with Crippen molar-refractivity contribution >= 4 is 22.0 Å². The summed E-state index contributed by atoms with van der Waals surface area (Å²) >= 11 is 0. The van der Waals surface area contributed by atoms with Crippen LogP contribution in [0, 0.1) is 5.82 Å².